The predicted molar refractivity (Wildman–Crippen MR) is 54.6 cm³/mol. The monoisotopic (exact) mass is 269 g/mol. The van der Waals surface area contributed by atoms with Gasteiger partial charge in [0.2, 0.25) is 0 Å². The second-order valence-corrected chi connectivity index (χ2v) is 3.58. The van der Waals surface area contributed by atoms with Gasteiger partial charge in [0.05, 0.1) is 18.6 Å². The van der Waals surface area contributed by atoms with E-state index in [2.05, 4.69) is 42.1 Å². The SMILES string of the molecule is Clc1cnc(-c2[c]ncc(Br)n2)cn1. The van der Waals surface area contributed by atoms with Gasteiger partial charge in [-0.1, -0.05) is 11.6 Å². The molecule has 4 nitrogen and oxygen atoms in total. The van der Waals surface area contributed by atoms with Crippen LogP contribution in [0.3, 0.4) is 0 Å². The standard InChI is InChI=1S/C8H3BrClN4/c9-7-3-11-1-6(14-7)5-2-13-8(10)4-12-5/h2-4H. The third-order valence-electron chi connectivity index (χ3n) is 1.42. The van der Waals surface area contributed by atoms with Crippen LogP contribution in [0.25, 0.3) is 11.4 Å². The molecule has 0 saturated heterocycles. The normalized spacial score (nSPS) is 10.1. The highest BCUT2D eigenvalue weighted by molar-refractivity contribution is 9.10. The van der Waals surface area contributed by atoms with Crippen LogP contribution in [0.2, 0.25) is 5.15 Å². The summed E-state index contributed by atoms with van der Waals surface area (Å²) in [6.45, 7) is 0. The number of aromatic nitrogens is 4. The number of rotatable bonds is 1. The van der Waals surface area contributed by atoms with Gasteiger partial charge in [-0.05, 0) is 15.9 Å². The van der Waals surface area contributed by atoms with Crippen molar-refractivity contribution in [2.24, 2.45) is 0 Å². The molecule has 1 radical (unpaired) electrons. The van der Waals surface area contributed by atoms with E-state index in [1.54, 1.807) is 6.20 Å². The first kappa shape index (κ1) is 9.48. The van der Waals surface area contributed by atoms with E-state index in [9.17, 15) is 0 Å². The molecule has 0 spiro atoms. The Balaban J connectivity index is 2.44. The van der Waals surface area contributed by atoms with Crippen LogP contribution >= 0.6 is 27.5 Å². The summed E-state index contributed by atoms with van der Waals surface area (Å²) in [5.74, 6) is 0. The summed E-state index contributed by atoms with van der Waals surface area (Å²) in [6, 6.07) is 0. The summed E-state index contributed by atoms with van der Waals surface area (Å²) in [6.07, 6.45) is 7.23. The second-order valence-electron chi connectivity index (χ2n) is 2.38. The van der Waals surface area contributed by atoms with Crippen LogP contribution < -0.4 is 0 Å². The lowest BCUT2D eigenvalue weighted by atomic mass is 10.3. The van der Waals surface area contributed by atoms with E-state index >= 15 is 0 Å². The molecule has 2 rings (SSSR count). The Morgan fingerprint density at radius 3 is 2.71 bits per heavy atom. The van der Waals surface area contributed by atoms with Crippen LogP contribution in [0.15, 0.2) is 23.2 Å². The van der Waals surface area contributed by atoms with Crippen molar-refractivity contribution in [2.45, 2.75) is 0 Å². The zero-order valence-corrected chi connectivity index (χ0v) is 9.12. The molecule has 6 heteroatoms. The minimum absolute atomic E-state index is 0.344. The molecule has 2 aromatic rings. The molecular formula is C8H3BrClN4. The van der Waals surface area contributed by atoms with Crippen molar-refractivity contribution in [3.05, 3.63) is 34.5 Å². The van der Waals surface area contributed by atoms with Crippen molar-refractivity contribution in [3.8, 4) is 11.4 Å². The smallest absolute Gasteiger partial charge is 0.147 e. The van der Waals surface area contributed by atoms with Crippen LogP contribution in [-0.4, -0.2) is 19.9 Å². The van der Waals surface area contributed by atoms with E-state index in [0.717, 1.165) is 0 Å². The summed E-state index contributed by atoms with van der Waals surface area (Å²) in [4.78, 5) is 15.9. The molecule has 2 heterocycles. The minimum atomic E-state index is 0.344. The van der Waals surface area contributed by atoms with Crippen molar-refractivity contribution in [2.75, 3.05) is 0 Å². The highest BCUT2D eigenvalue weighted by Gasteiger charge is 2.03. The van der Waals surface area contributed by atoms with Crippen LogP contribution in [0.5, 0.6) is 0 Å². The van der Waals surface area contributed by atoms with Crippen molar-refractivity contribution in [3.63, 3.8) is 0 Å². The third-order valence-corrected chi connectivity index (χ3v) is 2.00. The molecule has 69 valence electrons. The van der Waals surface area contributed by atoms with Gasteiger partial charge in [0.15, 0.2) is 0 Å². The molecule has 0 bridgehead atoms. The largest absolute Gasteiger partial charge is 0.250 e. The molecule has 0 amide bonds. The van der Waals surface area contributed by atoms with E-state index in [1.807, 2.05) is 0 Å². The number of nitrogens with zero attached hydrogens (tertiary/aromatic N) is 4. The molecule has 0 unspecified atom stereocenters. The van der Waals surface area contributed by atoms with Gasteiger partial charge in [0.1, 0.15) is 27.3 Å². The van der Waals surface area contributed by atoms with Crippen LogP contribution in [0, 0.1) is 6.20 Å². The minimum Gasteiger partial charge on any atom is -0.250 e. The highest BCUT2D eigenvalue weighted by Crippen LogP contribution is 2.14. The molecule has 0 aliphatic heterocycles. The molecular weight excluding hydrogens is 267 g/mol. The lowest BCUT2D eigenvalue weighted by molar-refractivity contribution is 1.12. The Labute approximate surface area is 93.5 Å². The van der Waals surface area contributed by atoms with E-state index in [-0.39, 0.29) is 0 Å². The van der Waals surface area contributed by atoms with Gasteiger partial charge in [0, 0.05) is 0 Å². The second kappa shape index (κ2) is 3.98. The van der Waals surface area contributed by atoms with Gasteiger partial charge in [-0.25, -0.2) is 19.9 Å². The van der Waals surface area contributed by atoms with Crippen molar-refractivity contribution in [1.29, 1.82) is 0 Å². The molecule has 0 fully saturated rings. The van der Waals surface area contributed by atoms with Crippen molar-refractivity contribution < 1.29 is 0 Å². The summed E-state index contributed by atoms with van der Waals surface area (Å²) in [5.41, 5.74) is 1.12. The van der Waals surface area contributed by atoms with Gasteiger partial charge >= 0.3 is 0 Å². The molecule has 0 atom stereocenters. The molecule has 0 aliphatic rings. The topological polar surface area (TPSA) is 51.6 Å². The van der Waals surface area contributed by atoms with Crippen molar-refractivity contribution >= 4 is 27.5 Å². The molecule has 0 N–H and O–H groups in total. The Morgan fingerprint density at radius 2 is 2.07 bits per heavy atom. The quantitative estimate of drug-likeness (QED) is 0.797. The van der Waals surface area contributed by atoms with Crippen LogP contribution in [0.1, 0.15) is 0 Å². The zero-order valence-electron chi connectivity index (χ0n) is 6.78. The van der Waals surface area contributed by atoms with Gasteiger partial charge < -0.3 is 0 Å². The van der Waals surface area contributed by atoms with E-state index in [1.165, 1.54) is 12.4 Å². The number of hydrogen-bond donors (Lipinski definition) is 0. The Morgan fingerprint density at radius 1 is 1.21 bits per heavy atom. The lowest BCUT2D eigenvalue weighted by Gasteiger charge is -1.97. The maximum Gasteiger partial charge on any atom is 0.147 e. The Kier molecular flexibility index (Phi) is 2.69. The first-order valence-electron chi connectivity index (χ1n) is 3.64. The molecule has 0 aromatic carbocycles. The lowest BCUT2D eigenvalue weighted by Crippen LogP contribution is -1.90. The summed E-state index contributed by atoms with van der Waals surface area (Å²) in [7, 11) is 0. The Hall–Kier alpha value is -1.07. The predicted octanol–water partition coefficient (Wildman–Crippen LogP) is 2.15. The highest BCUT2D eigenvalue weighted by atomic mass is 79.9. The van der Waals surface area contributed by atoms with Gasteiger partial charge in [-0.15, -0.1) is 0 Å². The van der Waals surface area contributed by atoms with E-state index in [0.29, 0.717) is 21.1 Å². The third kappa shape index (κ3) is 2.05. The van der Waals surface area contributed by atoms with E-state index in [4.69, 9.17) is 11.6 Å². The van der Waals surface area contributed by atoms with Crippen molar-refractivity contribution in [1.82, 2.24) is 19.9 Å². The van der Waals surface area contributed by atoms with Gasteiger partial charge in [0.25, 0.3) is 0 Å². The molecule has 0 aliphatic carbocycles. The fraction of sp³-hybridized carbons (Fsp3) is 0. The van der Waals surface area contributed by atoms with Crippen LogP contribution in [0.4, 0.5) is 0 Å². The summed E-state index contributed by atoms with van der Waals surface area (Å²) >= 11 is 8.81. The first-order chi connectivity index (χ1) is 6.75. The first-order valence-corrected chi connectivity index (χ1v) is 4.81. The molecule has 0 saturated carbocycles. The summed E-state index contributed by atoms with van der Waals surface area (Å²) < 4.78 is 0.628. The van der Waals surface area contributed by atoms with Crippen LogP contribution in [-0.2, 0) is 0 Å². The zero-order chi connectivity index (χ0) is 9.97. The molecule has 2 aromatic heterocycles. The fourth-order valence-corrected chi connectivity index (χ4v) is 1.23. The van der Waals surface area contributed by atoms with Gasteiger partial charge in [-0.3, -0.25) is 0 Å². The Bertz CT molecular complexity index is 445. The average Bonchev–Trinajstić information content (AvgIpc) is 2.19. The summed E-state index contributed by atoms with van der Waals surface area (Å²) in [5, 5.41) is 0.344. The fourth-order valence-electron chi connectivity index (χ4n) is 0.856. The average molecular weight is 270 g/mol. The van der Waals surface area contributed by atoms with E-state index < -0.39 is 0 Å². The maximum atomic E-state index is 5.60. The van der Waals surface area contributed by atoms with Gasteiger partial charge in [-0.2, -0.15) is 0 Å². The molecule has 14 heavy (non-hydrogen) atoms. The number of halogens is 2. The maximum absolute atomic E-state index is 5.60. The number of hydrogen-bond acceptors (Lipinski definition) is 4.